The number of primary amides is 1. The zero-order valence-corrected chi connectivity index (χ0v) is 37.6. The molecule has 3 aromatic rings. The molecule has 2 aromatic carbocycles. The molecule has 15 heteroatoms. The van der Waals surface area contributed by atoms with E-state index in [1.165, 1.54) is 4.90 Å². The molecule has 61 heavy (non-hydrogen) atoms. The summed E-state index contributed by atoms with van der Waals surface area (Å²) in [4.78, 5) is 71.2. The number of aromatic nitrogens is 1. The van der Waals surface area contributed by atoms with Crippen LogP contribution >= 0.6 is 11.3 Å². The summed E-state index contributed by atoms with van der Waals surface area (Å²) in [5.74, 6) is -1.49. The van der Waals surface area contributed by atoms with E-state index in [-0.39, 0.29) is 50.8 Å². The lowest BCUT2D eigenvalue weighted by Gasteiger charge is -2.35. The van der Waals surface area contributed by atoms with Crippen molar-refractivity contribution in [3.8, 4) is 10.4 Å². The van der Waals surface area contributed by atoms with Crippen molar-refractivity contribution in [3.63, 3.8) is 0 Å². The second-order valence-electron chi connectivity index (χ2n) is 17.8. The largest absolute Gasteiger partial charge is 0.444 e. The van der Waals surface area contributed by atoms with Gasteiger partial charge in [-0.2, -0.15) is 0 Å². The summed E-state index contributed by atoms with van der Waals surface area (Å²) >= 11 is 1.57. The lowest BCUT2D eigenvalue weighted by atomic mass is 9.85. The molecule has 1 aromatic heterocycles. The molecule has 2 heterocycles. The van der Waals surface area contributed by atoms with E-state index in [9.17, 15) is 29.1 Å². The molecular weight excluding hydrogens is 797 g/mol. The van der Waals surface area contributed by atoms with Gasteiger partial charge in [-0.1, -0.05) is 81.5 Å². The van der Waals surface area contributed by atoms with Gasteiger partial charge >= 0.3 is 6.09 Å². The number of aryl methyl sites for hydroxylation is 1. The number of carbonyl (C=O) groups is 5. The maximum Gasteiger partial charge on any atom is 0.407 e. The fourth-order valence-electron chi connectivity index (χ4n) is 6.86. The van der Waals surface area contributed by atoms with Crippen molar-refractivity contribution in [3.05, 3.63) is 82.5 Å². The summed E-state index contributed by atoms with van der Waals surface area (Å²) in [6.45, 7) is 15.3. The highest BCUT2D eigenvalue weighted by molar-refractivity contribution is 7.13. The third-order valence-electron chi connectivity index (χ3n) is 10.3. The Hall–Kier alpha value is -5.12. The number of likely N-dealkylation sites (tertiary alicyclic amines) is 1. The smallest absolute Gasteiger partial charge is 0.407 e. The fraction of sp³-hybridized carbons (Fsp3) is 0.522. The van der Waals surface area contributed by atoms with Crippen molar-refractivity contribution in [1.29, 1.82) is 0 Å². The molecule has 1 aliphatic rings. The van der Waals surface area contributed by atoms with Crippen molar-refractivity contribution in [2.45, 2.75) is 143 Å². The van der Waals surface area contributed by atoms with Crippen LogP contribution in [0.3, 0.4) is 0 Å². The Morgan fingerprint density at radius 2 is 1.66 bits per heavy atom. The minimum absolute atomic E-state index is 0.00634. The third-order valence-corrected chi connectivity index (χ3v) is 11.2. The maximum absolute atomic E-state index is 14.0. The van der Waals surface area contributed by atoms with Gasteiger partial charge < -0.3 is 41.2 Å². The van der Waals surface area contributed by atoms with Crippen molar-refractivity contribution < 1.29 is 38.6 Å². The topological polar surface area (TPSA) is 202 Å². The number of β-amino-alcohol motifs (C(OH)–C–C–N with tert-alkyl or cyclic N) is 1. The highest BCUT2D eigenvalue weighted by atomic mass is 32.1. The SMILES string of the molecule is Cc1ncsc1-c1ccc(CNC(=O)[C@@H]2C[C@@H](O)CN2C(=O)[C@@H](NC(=O)CCC/C=C/c2ccc(CO[C@H](C)[C@H](CCC(N)=O)NC(=O)OC(C)(C)C)cc2)C(C)(C)C)cc1. The summed E-state index contributed by atoms with van der Waals surface area (Å²) in [5.41, 5.74) is 10.7. The Balaban J connectivity index is 1.23. The highest BCUT2D eigenvalue weighted by Crippen LogP contribution is 2.28. The van der Waals surface area contributed by atoms with E-state index in [0.29, 0.717) is 19.3 Å². The molecule has 0 radical (unpaired) electrons. The van der Waals surface area contributed by atoms with Crippen molar-refractivity contribution >= 4 is 47.1 Å². The number of aliphatic hydroxyl groups excluding tert-OH is 1. The van der Waals surface area contributed by atoms with Gasteiger partial charge in [0.15, 0.2) is 0 Å². The number of rotatable bonds is 19. The van der Waals surface area contributed by atoms with Crippen molar-refractivity contribution in [2.75, 3.05) is 6.54 Å². The van der Waals surface area contributed by atoms with E-state index in [1.54, 1.807) is 32.1 Å². The van der Waals surface area contributed by atoms with Crippen LogP contribution < -0.4 is 21.7 Å². The predicted molar refractivity (Wildman–Crippen MR) is 237 cm³/mol. The first-order valence-corrected chi connectivity index (χ1v) is 21.8. The minimum atomic E-state index is -0.897. The van der Waals surface area contributed by atoms with Gasteiger partial charge in [0.2, 0.25) is 23.6 Å². The number of hydrogen-bond acceptors (Lipinski definition) is 10. The lowest BCUT2D eigenvalue weighted by Crippen LogP contribution is -2.57. The first-order valence-electron chi connectivity index (χ1n) is 20.9. The Morgan fingerprint density at radius 1 is 0.984 bits per heavy atom. The normalized spacial score (nSPS) is 17.1. The van der Waals surface area contributed by atoms with Gasteiger partial charge in [0.05, 0.1) is 40.9 Å². The number of nitrogens with zero attached hydrogens (tertiary/aromatic N) is 2. The molecule has 5 amide bonds. The molecular formula is C46H64N6O8S. The Labute approximate surface area is 364 Å². The Bertz CT molecular complexity index is 1970. The molecule has 4 rings (SSSR count). The number of benzene rings is 2. The zero-order chi connectivity index (χ0) is 44.9. The predicted octanol–water partition coefficient (Wildman–Crippen LogP) is 6.18. The number of unbranched alkanes of at least 4 members (excludes halogenated alkanes) is 1. The number of carbonyl (C=O) groups excluding carboxylic acids is 5. The number of ether oxygens (including phenoxy) is 2. The van der Waals surface area contributed by atoms with Crippen LogP contribution in [0.1, 0.15) is 109 Å². The number of hydrogen-bond donors (Lipinski definition) is 5. The van der Waals surface area contributed by atoms with Gasteiger partial charge in [0, 0.05) is 32.4 Å². The van der Waals surface area contributed by atoms with Crippen LogP contribution in [0.2, 0.25) is 0 Å². The molecule has 0 saturated carbocycles. The van der Waals surface area contributed by atoms with Crippen LogP contribution in [0, 0.1) is 12.3 Å². The van der Waals surface area contributed by atoms with Crippen LogP contribution in [0.15, 0.2) is 60.1 Å². The summed E-state index contributed by atoms with van der Waals surface area (Å²) in [7, 11) is 0. The van der Waals surface area contributed by atoms with Gasteiger partial charge in [0.25, 0.3) is 0 Å². The average Bonchev–Trinajstić information content (AvgIpc) is 3.80. The first kappa shape index (κ1) is 48.5. The average molecular weight is 861 g/mol. The molecule has 6 N–H and O–H groups in total. The molecule has 0 aliphatic carbocycles. The molecule has 0 spiro atoms. The van der Waals surface area contributed by atoms with E-state index >= 15 is 0 Å². The standard InChI is InChI=1S/C46H64N6O8S/c1-29-40(61-28-49-29)34-20-18-32(19-21-34)25-48-42(56)37-24-35(53)26-52(37)43(57)41(45(3,4)5)51-39(55)13-11-9-10-12-31-14-16-33(17-15-31)27-59-30(2)36(22-23-38(47)54)50-44(58)60-46(6,7)8/h10,12,14-21,28,30,35-37,41,53H,9,11,13,22-27H2,1-8H3,(H2,47,54)(H,48,56)(H,50,58)(H,51,55)/b12-10+/t30-,35-,36+,37+,41-/m1/s1. The van der Waals surface area contributed by atoms with Gasteiger partial charge in [0.1, 0.15) is 17.7 Å². The number of allylic oxidation sites excluding steroid dienone is 1. The monoisotopic (exact) mass is 860 g/mol. The second-order valence-corrected chi connectivity index (χ2v) is 18.6. The summed E-state index contributed by atoms with van der Waals surface area (Å²) < 4.78 is 11.4. The molecule has 1 aliphatic heterocycles. The summed E-state index contributed by atoms with van der Waals surface area (Å²) in [6.07, 6.45) is 4.01. The van der Waals surface area contributed by atoms with Crippen molar-refractivity contribution in [2.24, 2.45) is 11.1 Å². The molecule has 14 nitrogen and oxygen atoms in total. The van der Waals surface area contributed by atoms with Crippen LogP contribution in [-0.2, 0) is 41.8 Å². The van der Waals surface area contributed by atoms with Gasteiger partial charge in [-0.3, -0.25) is 19.2 Å². The van der Waals surface area contributed by atoms with Crippen LogP contribution in [-0.4, -0.2) is 87.2 Å². The van der Waals surface area contributed by atoms with E-state index in [2.05, 4.69) is 20.9 Å². The molecule has 0 bridgehead atoms. The number of aliphatic hydroxyl groups is 1. The van der Waals surface area contributed by atoms with E-state index < -0.39 is 59.3 Å². The van der Waals surface area contributed by atoms with E-state index in [4.69, 9.17) is 15.2 Å². The Kier molecular flexibility index (Phi) is 17.6. The van der Waals surface area contributed by atoms with E-state index in [1.807, 2.05) is 101 Å². The van der Waals surface area contributed by atoms with Crippen molar-refractivity contribution in [1.82, 2.24) is 25.8 Å². The number of thiazole rings is 1. The lowest BCUT2D eigenvalue weighted by molar-refractivity contribution is -0.144. The third kappa shape index (κ3) is 15.7. The van der Waals surface area contributed by atoms with Crippen LogP contribution in [0.25, 0.3) is 16.5 Å². The fourth-order valence-corrected chi connectivity index (χ4v) is 7.67. The zero-order valence-electron chi connectivity index (χ0n) is 36.8. The second kappa shape index (κ2) is 22.1. The minimum Gasteiger partial charge on any atom is -0.444 e. The van der Waals surface area contributed by atoms with Crippen LogP contribution in [0.5, 0.6) is 0 Å². The summed E-state index contributed by atoms with van der Waals surface area (Å²) in [6, 6.07) is 13.5. The molecule has 0 unspecified atom stereocenters. The number of nitrogens with two attached hydrogens (primary N) is 1. The molecule has 1 fully saturated rings. The van der Waals surface area contributed by atoms with Crippen LogP contribution in [0.4, 0.5) is 4.79 Å². The maximum atomic E-state index is 14.0. The number of nitrogens with one attached hydrogen (secondary N) is 3. The van der Waals surface area contributed by atoms with Gasteiger partial charge in [-0.25, -0.2) is 9.78 Å². The van der Waals surface area contributed by atoms with Gasteiger partial charge in [-0.15, -0.1) is 11.3 Å². The highest BCUT2D eigenvalue weighted by Gasteiger charge is 2.44. The van der Waals surface area contributed by atoms with Gasteiger partial charge in [-0.05, 0) is 81.5 Å². The summed E-state index contributed by atoms with van der Waals surface area (Å²) in [5, 5.41) is 19.2. The molecule has 1 saturated heterocycles. The number of alkyl carbamates (subject to hydrolysis) is 1. The number of amides is 5. The Morgan fingerprint density at radius 3 is 2.26 bits per heavy atom. The van der Waals surface area contributed by atoms with E-state index in [0.717, 1.165) is 32.8 Å². The molecule has 332 valence electrons. The molecule has 5 atom stereocenters. The first-order chi connectivity index (χ1) is 28.7. The quantitative estimate of drug-likeness (QED) is 0.0874.